The Morgan fingerprint density at radius 3 is 2.66 bits per heavy atom. The maximum absolute atomic E-state index is 14.8. The third-order valence-corrected chi connectivity index (χ3v) is 5.66. The monoisotopic (exact) mass is 502 g/mol. The molecule has 0 saturated carbocycles. The third-order valence-electron chi connectivity index (χ3n) is 5.22. The number of carbonyl (C=O) groups excluding carboxylic acids is 3. The van der Waals surface area contributed by atoms with Gasteiger partial charge < -0.3 is 21.3 Å². The molecular weight excluding hydrogens is 483 g/mol. The quantitative estimate of drug-likeness (QED) is 0.472. The molecule has 2 aromatic heterocycles. The first-order chi connectivity index (χ1) is 15.1. The van der Waals surface area contributed by atoms with Crippen molar-refractivity contribution in [1.82, 2.24) is 14.5 Å². The Kier molecular flexibility index (Phi) is 5.59. The molecule has 3 aromatic rings. The van der Waals surface area contributed by atoms with E-state index in [1.807, 2.05) is 0 Å². The largest absolute Gasteiger partial charge is 0.351 e. The number of carbonyl (C=O) groups is 3. The lowest BCUT2D eigenvalue weighted by Gasteiger charge is -2.23. The first-order valence-corrected chi connectivity index (χ1v) is 10.5. The summed E-state index contributed by atoms with van der Waals surface area (Å²) < 4.78 is 16.6. The van der Waals surface area contributed by atoms with Crippen molar-refractivity contribution < 1.29 is 18.8 Å². The van der Waals surface area contributed by atoms with Crippen molar-refractivity contribution in [3.8, 4) is 0 Å². The topological polar surface area (TPSA) is 122 Å². The molecule has 4 rings (SSSR count). The van der Waals surface area contributed by atoms with Crippen LogP contribution in [-0.4, -0.2) is 50.7 Å². The van der Waals surface area contributed by atoms with Gasteiger partial charge in [-0.25, -0.2) is 19.0 Å². The second-order valence-corrected chi connectivity index (χ2v) is 8.61. The number of nitrogens with one attached hydrogen (secondary N) is 2. The Morgan fingerprint density at radius 1 is 1.19 bits per heavy atom. The van der Waals surface area contributed by atoms with E-state index in [0.717, 1.165) is 4.90 Å². The number of nitrogens with zero attached hydrogens (tertiary/aromatic N) is 3. The van der Waals surface area contributed by atoms with E-state index in [1.165, 1.54) is 17.7 Å². The average Bonchev–Trinajstić information content (AvgIpc) is 3.26. The number of urea groups is 1. The SMILES string of the molecule is C[C@@]1(F)C[C@@H](C(=O)Nc2cccc(Br)n2)N(C(=O)Nc2cn(C(N)=O)c3ccccc23)C1. The molecule has 0 unspecified atom stereocenters. The van der Waals surface area contributed by atoms with Crippen LogP contribution in [-0.2, 0) is 4.79 Å². The second kappa shape index (κ2) is 8.23. The summed E-state index contributed by atoms with van der Waals surface area (Å²) in [6, 6.07) is 9.45. The molecule has 0 spiro atoms. The van der Waals surface area contributed by atoms with Gasteiger partial charge in [0.05, 0.1) is 17.7 Å². The highest BCUT2D eigenvalue weighted by Gasteiger charge is 2.47. The van der Waals surface area contributed by atoms with Crippen molar-refractivity contribution in [2.24, 2.45) is 5.73 Å². The minimum Gasteiger partial charge on any atom is -0.351 e. The van der Waals surface area contributed by atoms with Gasteiger partial charge in [0.1, 0.15) is 22.1 Å². The summed E-state index contributed by atoms with van der Waals surface area (Å²) in [6.07, 6.45) is 1.24. The van der Waals surface area contributed by atoms with E-state index in [9.17, 15) is 18.8 Å². The van der Waals surface area contributed by atoms with E-state index in [1.54, 1.807) is 42.5 Å². The molecule has 32 heavy (non-hydrogen) atoms. The van der Waals surface area contributed by atoms with E-state index >= 15 is 0 Å². The minimum atomic E-state index is -1.74. The number of hydrogen-bond acceptors (Lipinski definition) is 4. The number of amides is 4. The lowest BCUT2D eigenvalue weighted by atomic mass is 10.0. The molecule has 0 aliphatic carbocycles. The number of alkyl halides is 1. The Bertz CT molecular complexity index is 1230. The van der Waals surface area contributed by atoms with E-state index in [-0.39, 0.29) is 18.8 Å². The summed E-state index contributed by atoms with van der Waals surface area (Å²) in [5.74, 6) is -0.270. The van der Waals surface area contributed by atoms with Crippen LogP contribution >= 0.6 is 15.9 Å². The molecule has 1 fully saturated rings. The van der Waals surface area contributed by atoms with Crippen LogP contribution in [0.1, 0.15) is 13.3 Å². The number of hydrogen-bond donors (Lipinski definition) is 3. The van der Waals surface area contributed by atoms with E-state index in [2.05, 4.69) is 31.5 Å². The van der Waals surface area contributed by atoms with Crippen LogP contribution in [0.5, 0.6) is 0 Å². The molecule has 0 radical (unpaired) electrons. The van der Waals surface area contributed by atoms with Crippen molar-refractivity contribution >= 4 is 56.3 Å². The number of primary amides is 1. The summed E-state index contributed by atoms with van der Waals surface area (Å²) in [5, 5.41) is 5.90. The Balaban J connectivity index is 1.58. The molecular formula is C21H20BrFN6O3. The van der Waals surface area contributed by atoms with Crippen LogP contribution in [0.15, 0.2) is 53.3 Å². The van der Waals surface area contributed by atoms with Crippen LogP contribution < -0.4 is 16.4 Å². The van der Waals surface area contributed by atoms with Gasteiger partial charge in [-0.3, -0.25) is 9.36 Å². The third kappa shape index (κ3) is 4.28. The lowest BCUT2D eigenvalue weighted by Crippen LogP contribution is -2.45. The van der Waals surface area contributed by atoms with E-state index < -0.39 is 29.7 Å². The molecule has 3 heterocycles. The molecule has 9 nitrogen and oxygen atoms in total. The minimum absolute atomic E-state index is 0.163. The lowest BCUT2D eigenvalue weighted by molar-refractivity contribution is -0.119. The fourth-order valence-corrected chi connectivity index (χ4v) is 4.17. The van der Waals surface area contributed by atoms with Crippen molar-refractivity contribution in [1.29, 1.82) is 0 Å². The molecule has 1 saturated heterocycles. The van der Waals surface area contributed by atoms with Crippen LogP contribution in [0.3, 0.4) is 0 Å². The van der Waals surface area contributed by atoms with Crippen LogP contribution in [0, 0.1) is 0 Å². The zero-order chi connectivity index (χ0) is 23.0. The molecule has 166 valence electrons. The zero-order valence-corrected chi connectivity index (χ0v) is 18.6. The van der Waals surface area contributed by atoms with Gasteiger partial charge in [-0.15, -0.1) is 0 Å². The van der Waals surface area contributed by atoms with Crippen LogP contribution in [0.4, 0.5) is 25.5 Å². The number of fused-ring (bicyclic) bond motifs is 1. The van der Waals surface area contributed by atoms with Gasteiger partial charge in [0.25, 0.3) is 0 Å². The second-order valence-electron chi connectivity index (χ2n) is 7.79. The van der Waals surface area contributed by atoms with E-state index in [0.29, 0.717) is 21.2 Å². The van der Waals surface area contributed by atoms with Crippen molar-refractivity contribution in [2.75, 3.05) is 17.2 Å². The standard InChI is InChI=1S/C21H20BrFN6O3/c1-21(23)9-15(18(30)27-17-8-4-7-16(22)26-17)29(11-21)20(32)25-13-10-28(19(24)31)14-6-3-2-5-12(13)14/h2-8,10,15H,9,11H2,1H3,(H2,24,31)(H,25,32)(H,26,27,30)/t15-,21+/m0/s1. The number of para-hydroxylation sites is 1. The summed E-state index contributed by atoms with van der Waals surface area (Å²) >= 11 is 3.23. The van der Waals surface area contributed by atoms with Gasteiger partial charge in [0, 0.05) is 18.0 Å². The maximum Gasteiger partial charge on any atom is 0.323 e. The summed E-state index contributed by atoms with van der Waals surface area (Å²) in [4.78, 5) is 43.0. The number of benzene rings is 1. The predicted octanol–water partition coefficient (Wildman–Crippen LogP) is 3.70. The maximum atomic E-state index is 14.8. The van der Waals surface area contributed by atoms with Crippen molar-refractivity contribution in [2.45, 2.75) is 25.1 Å². The summed E-state index contributed by atoms with van der Waals surface area (Å²) in [7, 11) is 0. The fraction of sp³-hybridized carbons (Fsp3) is 0.238. The molecule has 4 N–H and O–H groups in total. The van der Waals surface area contributed by atoms with Crippen molar-refractivity contribution in [3.63, 3.8) is 0 Å². The number of pyridine rings is 1. The van der Waals surface area contributed by atoms with E-state index in [4.69, 9.17) is 5.73 Å². The number of aromatic nitrogens is 2. The zero-order valence-electron chi connectivity index (χ0n) is 17.0. The number of halogens is 2. The average molecular weight is 503 g/mol. The number of nitrogens with two attached hydrogens (primary N) is 1. The highest BCUT2D eigenvalue weighted by atomic mass is 79.9. The molecule has 11 heteroatoms. The molecule has 1 aliphatic rings. The summed E-state index contributed by atoms with van der Waals surface area (Å²) in [6.45, 7) is 1.08. The van der Waals surface area contributed by atoms with Gasteiger partial charge >= 0.3 is 12.1 Å². The smallest absolute Gasteiger partial charge is 0.323 e. The molecule has 2 atom stereocenters. The van der Waals surface area contributed by atoms with Crippen LogP contribution in [0.2, 0.25) is 0 Å². The number of anilines is 2. The first kappa shape index (κ1) is 21.8. The highest BCUT2D eigenvalue weighted by molar-refractivity contribution is 9.10. The Morgan fingerprint density at radius 2 is 1.94 bits per heavy atom. The molecule has 4 amide bonds. The van der Waals surface area contributed by atoms with Gasteiger partial charge in [0.2, 0.25) is 5.91 Å². The molecule has 1 aromatic carbocycles. The summed E-state index contributed by atoms with van der Waals surface area (Å²) in [5.41, 5.74) is 4.51. The first-order valence-electron chi connectivity index (χ1n) is 9.74. The number of likely N-dealkylation sites (tertiary alicyclic amines) is 1. The Hall–Kier alpha value is -3.47. The Labute approximate surface area is 190 Å². The molecule has 1 aliphatic heterocycles. The van der Waals surface area contributed by atoms with Gasteiger partial charge in [-0.2, -0.15) is 0 Å². The predicted molar refractivity (Wildman–Crippen MR) is 121 cm³/mol. The van der Waals surface area contributed by atoms with Crippen LogP contribution in [0.25, 0.3) is 10.9 Å². The molecule has 0 bridgehead atoms. The number of rotatable bonds is 3. The van der Waals surface area contributed by atoms with Gasteiger partial charge in [-0.1, -0.05) is 24.3 Å². The normalized spacial score (nSPS) is 20.3. The van der Waals surface area contributed by atoms with Crippen molar-refractivity contribution in [3.05, 3.63) is 53.3 Å². The fourth-order valence-electron chi connectivity index (χ4n) is 3.83. The highest BCUT2D eigenvalue weighted by Crippen LogP contribution is 2.33. The van der Waals surface area contributed by atoms with Gasteiger partial charge in [-0.05, 0) is 41.1 Å². The van der Waals surface area contributed by atoms with Gasteiger partial charge in [0.15, 0.2) is 0 Å².